The van der Waals surface area contributed by atoms with Crippen LogP contribution in [0.4, 0.5) is 5.82 Å². The molecule has 5 rings (SSSR count). The molecule has 2 N–H and O–H groups in total. The van der Waals surface area contributed by atoms with Gasteiger partial charge < -0.3 is 15.5 Å². The van der Waals surface area contributed by atoms with Gasteiger partial charge in [0.2, 0.25) is 5.91 Å². The first-order valence-corrected chi connectivity index (χ1v) is 13.0. The minimum atomic E-state index is 0.0913. The molecule has 7 heteroatoms. The maximum atomic E-state index is 12.8. The number of amides is 1. The average molecular weight is 480 g/mol. The second-order valence-electron chi connectivity index (χ2n) is 9.59. The van der Waals surface area contributed by atoms with Crippen molar-refractivity contribution in [1.29, 1.82) is 0 Å². The van der Waals surface area contributed by atoms with E-state index < -0.39 is 0 Å². The van der Waals surface area contributed by atoms with E-state index in [-0.39, 0.29) is 11.8 Å². The summed E-state index contributed by atoms with van der Waals surface area (Å²) in [5.41, 5.74) is 1.01. The van der Waals surface area contributed by atoms with E-state index in [4.69, 9.17) is 16.7 Å². The zero-order valence-electron chi connectivity index (χ0n) is 19.7. The maximum absolute atomic E-state index is 12.8. The molecule has 2 aromatic rings. The quantitative estimate of drug-likeness (QED) is 0.692. The number of hydrogen-bond acceptors (Lipinski definition) is 4. The fourth-order valence-electron chi connectivity index (χ4n) is 5.21. The molecule has 0 bridgehead atoms. The highest BCUT2D eigenvalue weighted by Crippen LogP contribution is 2.21. The Balaban J connectivity index is 1.32. The molecule has 0 unspecified atom stereocenters. The molecule has 0 saturated carbocycles. The summed E-state index contributed by atoms with van der Waals surface area (Å²) in [6.07, 6.45) is 14.8. The van der Waals surface area contributed by atoms with E-state index in [1.54, 1.807) is 0 Å². The predicted octanol–water partition coefficient (Wildman–Crippen LogP) is 2.77. The molecule has 34 heavy (non-hydrogen) atoms. The number of fused-ring (bicyclic) bond motifs is 1. The largest absolute Gasteiger partial charge is 0.356 e. The Hall–Kier alpha value is -2.57. The third-order valence-electron chi connectivity index (χ3n) is 7.27. The first-order valence-electron chi connectivity index (χ1n) is 12.6. The van der Waals surface area contributed by atoms with Crippen molar-refractivity contribution in [3.05, 3.63) is 52.0 Å². The van der Waals surface area contributed by atoms with Gasteiger partial charge in [-0.25, -0.2) is 4.68 Å². The maximum Gasteiger partial charge on any atom is 0.223 e. The van der Waals surface area contributed by atoms with Gasteiger partial charge in [-0.15, -0.1) is 5.10 Å². The van der Waals surface area contributed by atoms with Crippen LogP contribution < -0.4 is 26.1 Å². The normalized spacial score (nSPS) is 19.5. The van der Waals surface area contributed by atoms with E-state index in [2.05, 4.69) is 39.8 Å². The van der Waals surface area contributed by atoms with Crippen LogP contribution in [0.5, 0.6) is 0 Å². The van der Waals surface area contributed by atoms with Gasteiger partial charge >= 0.3 is 0 Å². The Labute approximate surface area is 206 Å². The first kappa shape index (κ1) is 23.2. The van der Waals surface area contributed by atoms with Gasteiger partial charge in [0.15, 0.2) is 5.82 Å². The van der Waals surface area contributed by atoms with E-state index >= 15 is 0 Å². The van der Waals surface area contributed by atoms with Gasteiger partial charge in [-0.1, -0.05) is 29.8 Å². The molecular formula is C27H34ClN5O. The molecule has 1 aromatic carbocycles. The lowest BCUT2D eigenvalue weighted by Gasteiger charge is -2.32. The summed E-state index contributed by atoms with van der Waals surface area (Å²) in [4.78, 5) is 15.2. The van der Waals surface area contributed by atoms with Crippen LogP contribution in [0.25, 0.3) is 17.8 Å². The van der Waals surface area contributed by atoms with Crippen molar-refractivity contribution in [3.63, 3.8) is 0 Å². The van der Waals surface area contributed by atoms with Gasteiger partial charge in [0.05, 0.1) is 11.0 Å². The van der Waals surface area contributed by atoms with Crippen molar-refractivity contribution in [1.82, 2.24) is 20.4 Å². The molecule has 1 amide bonds. The average Bonchev–Trinajstić information content (AvgIpc) is 3.20. The lowest BCUT2D eigenvalue weighted by atomic mass is 9.94. The molecule has 1 aliphatic carbocycles. The number of carbonyl (C=O) groups is 1. The molecule has 2 fully saturated rings. The molecule has 3 aliphatic rings. The fourth-order valence-corrected chi connectivity index (χ4v) is 5.33. The van der Waals surface area contributed by atoms with Crippen LogP contribution in [-0.2, 0) is 4.79 Å². The van der Waals surface area contributed by atoms with E-state index in [9.17, 15) is 4.79 Å². The van der Waals surface area contributed by atoms with Crippen molar-refractivity contribution in [2.24, 2.45) is 11.8 Å². The van der Waals surface area contributed by atoms with Gasteiger partial charge in [-0.3, -0.25) is 4.79 Å². The molecule has 6 nitrogen and oxygen atoms in total. The van der Waals surface area contributed by atoms with Crippen LogP contribution in [0.1, 0.15) is 38.5 Å². The highest BCUT2D eigenvalue weighted by molar-refractivity contribution is 6.30. The number of hydrogen-bond donors (Lipinski definition) is 2. The topological polar surface area (TPSA) is 62.2 Å². The van der Waals surface area contributed by atoms with Crippen molar-refractivity contribution in [2.75, 3.05) is 37.6 Å². The van der Waals surface area contributed by atoms with Gasteiger partial charge in [0, 0.05) is 35.8 Å². The first-order chi connectivity index (χ1) is 16.7. The molecule has 3 heterocycles. The van der Waals surface area contributed by atoms with Crippen LogP contribution in [0.3, 0.4) is 0 Å². The third-order valence-corrected chi connectivity index (χ3v) is 7.52. The number of nitrogens with zero attached hydrogens (tertiary/aromatic N) is 3. The Morgan fingerprint density at radius 2 is 1.85 bits per heavy atom. The van der Waals surface area contributed by atoms with Crippen LogP contribution in [0.2, 0.25) is 5.02 Å². The van der Waals surface area contributed by atoms with Crippen molar-refractivity contribution in [2.45, 2.75) is 38.5 Å². The Morgan fingerprint density at radius 1 is 1.09 bits per heavy atom. The molecular weight excluding hydrogens is 446 g/mol. The second-order valence-corrected chi connectivity index (χ2v) is 10.0. The Bertz CT molecular complexity index is 1140. The van der Waals surface area contributed by atoms with Crippen molar-refractivity contribution >= 4 is 35.5 Å². The second kappa shape index (κ2) is 10.8. The van der Waals surface area contributed by atoms with E-state index in [0.29, 0.717) is 5.92 Å². The van der Waals surface area contributed by atoms with Gasteiger partial charge in [-0.2, -0.15) is 0 Å². The van der Waals surface area contributed by atoms with E-state index in [1.165, 1.54) is 0 Å². The summed E-state index contributed by atoms with van der Waals surface area (Å²) >= 11 is 6.13. The molecule has 2 saturated heterocycles. The smallest absolute Gasteiger partial charge is 0.223 e. The summed E-state index contributed by atoms with van der Waals surface area (Å²) in [5, 5.41) is 14.7. The number of nitrogens with one attached hydrogen (secondary N) is 2. The van der Waals surface area contributed by atoms with Crippen LogP contribution in [0, 0.1) is 11.8 Å². The SMILES string of the molecule is O=C(NCC1CCNCC1)C1CCN(c2nn(-c3ccc(Cl)cc3)c3c2=CC=CCCC=3)CC1. The number of halogens is 1. The summed E-state index contributed by atoms with van der Waals surface area (Å²) in [6, 6.07) is 7.85. The Morgan fingerprint density at radius 3 is 2.62 bits per heavy atom. The summed E-state index contributed by atoms with van der Waals surface area (Å²) in [7, 11) is 0. The number of benzene rings is 1. The zero-order valence-corrected chi connectivity index (χ0v) is 20.4. The summed E-state index contributed by atoms with van der Waals surface area (Å²) in [5.74, 6) is 1.93. The van der Waals surface area contributed by atoms with Crippen LogP contribution in [-0.4, -0.2) is 48.4 Å². The fraction of sp³-hybridized carbons (Fsp3) is 0.481. The number of allylic oxidation sites excluding steroid dienone is 2. The van der Waals surface area contributed by atoms with Crippen molar-refractivity contribution in [3.8, 4) is 5.69 Å². The molecule has 180 valence electrons. The number of aromatic nitrogens is 2. The lowest BCUT2D eigenvalue weighted by molar-refractivity contribution is -0.125. The zero-order chi connectivity index (χ0) is 23.3. The van der Waals surface area contributed by atoms with E-state index in [1.807, 2.05) is 28.9 Å². The molecule has 0 radical (unpaired) electrons. The molecule has 2 aliphatic heterocycles. The minimum Gasteiger partial charge on any atom is -0.356 e. The predicted molar refractivity (Wildman–Crippen MR) is 139 cm³/mol. The van der Waals surface area contributed by atoms with Gasteiger partial charge in [-0.05, 0) is 87.9 Å². The molecule has 1 aromatic heterocycles. The lowest BCUT2D eigenvalue weighted by Crippen LogP contribution is -2.44. The summed E-state index contributed by atoms with van der Waals surface area (Å²) in [6.45, 7) is 4.63. The monoisotopic (exact) mass is 479 g/mol. The minimum absolute atomic E-state index is 0.0913. The highest BCUT2D eigenvalue weighted by atomic mass is 35.5. The number of piperidine rings is 2. The summed E-state index contributed by atoms with van der Waals surface area (Å²) < 4.78 is 2.04. The number of carbonyl (C=O) groups excluding carboxylic acids is 1. The van der Waals surface area contributed by atoms with Gasteiger partial charge in [0.1, 0.15) is 0 Å². The van der Waals surface area contributed by atoms with Crippen LogP contribution in [0.15, 0.2) is 36.4 Å². The standard InChI is InChI=1S/C27H34ClN5O/c28-22-7-9-23(10-8-22)33-25-6-4-2-1-3-5-24(25)26(31-33)32-17-13-21(14-18-32)27(34)30-19-20-11-15-29-16-12-20/h1,3,5-10,20-21,29H,2,4,11-19H2,(H,30,34). The molecule has 0 spiro atoms. The van der Waals surface area contributed by atoms with Crippen molar-refractivity contribution < 1.29 is 4.79 Å². The van der Waals surface area contributed by atoms with E-state index in [0.717, 1.165) is 98.3 Å². The van der Waals surface area contributed by atoms with Gasteiger partial charge in [0.25, 0.3) is 0 Å². The third kappa shape index (κ3) is 5.23. The number of anilines is 1. The number of rotatable bonds is 5. The Kier molecular flexibility index (Phi) is 7.36. The molecule has 0 atom stereocenters. The van der Waals surface area contributed by atoms with Crippen LogP contribution >= 0.6 is 11.6 Å². The highest BCUT2D eigenvalue weighted by Gasteiger charge is 2.27.